The van der Waals surface area contributed by atoms with Gasteiger partial charge in [0.2, 0.25) is 0 Å². The minimum Gasteiger partial charge on any atom is -0.378 e. The topological polar surface area (TPSA) is 62.5 Å². The van der Waals surface area contributed by atoms with Gasteiger partial charge in [-0.3, -0.25) is 10.1 Å². The third kappa shape index (κ3) is 4.85. The normalized spacial score (nSPS) is 10.7. The van der Waals surface area contributed by atoms with Gasteiger partial charge in [-0.1, -0.05) is 24.3 Å². The molecule has 166 valence electrons. The third-order valence-electron chi connectivity index (χ3n) is 5.60. The first-order valence-electron chi connectivity index (χ1n) is 10.6. The molecule has 1 aromatic heterocycles. The molecule has 6 nitrogen and oxygen atoms in total. The first kappa shape index (κ1) is 22.0. The highest BCUT2D eigenvalue weighted by molar-refractivity contribution is 5.77. The van der Waals surface area contributed by atoms with Crippen molar-refractivity contribution >= 4 is 17.1 Å². The smallest absolute Gasteiger partial charge is 0.269 e. The van der Waals surface area contributed by atoms with Gasteiger partial charge in [0.25, 0.3) is 5.69 Å². The summed E-state index contributed by atoms with van der Waals surface area (Å²) >= 11 is 0. The molecule has 0 fully saturated rings. The molecule has 0 saturated heterocycles. The average molecular weight is 439 g/mol. The summed E-state index contributed by atoms with van der Waals surface area (Å²) in [7, 11) is 8.05. The van der Waals surface area contributed by atoms with E-state index in [4.69, 9.17) is 4.98 Å². The van der Waals surface area contributed by atoms with Crippen molar-refractivity contribution in [3.05, 3.63) is 95.0 Å². The Kier molecular flexibility index (Phi) is 6.09. The summed E-state index contributed by atoms with van der Waals surface area (Å²) in [6.45, 7) is 0. The summed E-state index contributed by atoms with van der Waals surface area (Å²) in [5, 5.41) is 11.1. The molecule has 4 rings (SSSR count). The van der Waals surface area contributed by atoms with Crippen molar-refractivity contribution in [3.63, 3.8) is 0 Å². The van der Waals surface area contributed by atoms with Gasteiger partial charge < -0.3 is 9.80 Å². The number of hydrogen-bond acceptors (Lipinski definition) is 5. The van der Waals surface area contributed by atoms with Crippen LogP contribution in [-0.2, 0) is 0 Å². The Morgan fingerprint density at radius 2 is 1.00 bits per heavy atom. The fourth-order valence-corrected chi connectivity index (χ4v) is 3.63. The zero-order valence-electron chi connectivity index (χ0n) is 19.2. The number of pyridine rings is 1. The Morgan fingerprint density at radius 3 is 1.36 bits per heavy atom. The molecule has 0 unspecified atom stereocenters. The highest BCUT2D eigenvalue weighted by Crippen LogP contribution is 2.32. The number of benzene rings is 3. The average Bonchev–Trinajstić information content (AvgIpc) is 2.84. The number of non-ortho nitro benzene ring substituents is 1. The Labute approximate surface area is 193 Å². The van der Waals surface area contributed by atoms with Gasteiger partial charge in [0, 0.05) is 62.8 Å². The molecule has 0 atom stereocenters. The van der Waals surface area contributed by atoms with E-state index in [0.29, 0.717) is 0 Å². The molecule has 0 N–H and O–H groups in total. The van der Waals surface area contributed by atoms with E-state index in [1.165, 1.54) is 12.1 Å². The lowest BCUT2D eigenvalue weighted by atomic mass is 9.99. The molecule has 1 heterocycles. The predicted octanol–water partition coefficient (Wildman–Crippen LogP) is 6.12. The maximum Gasteiger partial charge on any atom is 0.269 e. The predicted molar refractivity (Wildman–Crippen MR) is 136 cm³/mol. The van der Waals surface area contributed by atoms with Crippen molar-refractivity contribution in [1.82, 2.24) is 4.98 Å². The van der Waals surface area contributed by atoms with Crippen molar-refractivity contribution < 1.29 is 4.92 Å². The van der Waals surface area contributed by atoms with Crippen LogP contribution < -0.4 is 9.80 Å². The molecule has 33 heavy (non-hydrogen) atoms. The SMILES string of the molecule is CN(C)c1ccc(-c2cc(-c3ccc([N+](=O)[O-])cc3)cc(-c3ccc(N(C)C)cc3)n2)cc1. The second kappa shape index (κ2) is 9.12. The lowest BCUT2D eigenvalue weighted by Crippen LogP contribution is -2.08. The van der Waals surface area contributed by atoms with Crippen LogP contribution in [-0.4, -0.2) is 38.1 Å². The number of nitrogens with zero attached hydrogens (tertiary/aromatic N) is 4. The van der Waals surface area contributed by atoms with Gasteiger partial charge in [0.05, 0.1) is 16.3 Å². The minimum atomic E-state index is -0.383. The summed E-state index contributed by atoms with van der Waals surface area (Å²) in [6.07, 6.45) is 0. The van der Waals surface area contributed by atoms with Crippen LogP contribution in [0, 0.1) is 10.1 Å². The van der Waals surface area contributed by atoms with Gasteiger partial charge in [-0.2, -0.15) is 0 Å². The quantitative estimate of drug-likeness (QED) is 0.268. The van der Waals surface area contributed by atoms with Crippen molar-refractivity contribution in [1.29, 1.82) is 0 Å². The summed E-state index contributed by atoms with van der Waals surface area (Å²) in [6, 6.07) is 27.2. The van der Waals surface area contributed by atoms with Gasteiger partial charge >= 0.3 is 0 Å². The fraction of sp³-hybridized carbons (Fsp3) is 0.148. The third-order valence-corrected chi connectivity index (χ3v) is 5.60. The van der Waals surface area contributed by atoms with E-state index in [2.05, 4.69) is 58.3 Å². The van der Waals surface area contributed by atoms with Crippen LogP contribution in [0.1, 0.15) is 0 Å². The molecular formula is C27H26N4O2. The first-order valence-corrected chi connectivity index (χ1v) is 10.6. The van der Waals surface area contributed by atoms with Gasteiger partial charge in [-0.05, 0) is 59.7 Å². The van der Waals surface area contributed by atoms with Crippen LogP contribution in [0.3, 0.4) is 0 Å². The number of hydrogen-bond donors (Lipinski definition) is 0. The molecule has 0 radical (unpaired) electrons. The molecule has 0 amide bonds. The number of rotatable bonds is 6. The Hall–Kier alpha value is -4.19. The van der Waals surface area contributed by atoms with Gasteiger partial charge in [0.15, 0.2) is 0 Å². The number of anilines is 2. The monoisotopic (exact) mass is 438 g/mol. The standard InChI is InChI=1S/C27H26N4O2/c1-29(2)23-11-7-20(8-12-23)26-17-22(19-5-15-25(16-6-19)31(32)33)18-27(28-26)21-9-13-24(14-10-21)30(3)4/h5-18H,1-4H3. The van der Waals surface area contributed by atoms with Crippen LogP contribution in [0.15, 0.2) is 84.9 Å². The Balaban J connectivity index is 1.82. The summed E-state index contributed by atoms with van der Waals surface area (Å²) < 4.78 is 0. The highest BCUT2D eigenvalue weighted by Gasteiger charge is 2.11. The lowest BCUT2D eigenvalue weighted by Gasteiger charge is -2.15. The van der Waals surface area contributed by atoms with E-state index in [-0.39, 0.29) is 10.6 Å². The van der Waals surface area contributed by atoms with Crippen LogP contribution in [0.4, 0.5) is 17.1 Å². The number of nitro groups is 1. The maximum absolute atomic E-state index is 11.1. The number of aromatic nitrogens is 1. The summed E-state index contributed by atoms with van der Waals surface area (Å²) in [5.74, 6) is 0. The molecule has 6 heteroatoms. The van der Waals surface area contributed by atoms with Gasteiger partial charge in [-0.15, -0.1) is 0 Å². The largest absolute Gasteiger partial charge is 0.378 e. The van der Waals surface area contributed by atoms with Gasteiger partial charge in [-0.25, -0.2) is 4.98 Å². The fourth-order valence-electron chi connectivity index (χ4n) is 3.63. The molecular weight excluding hydrogens is 412 g/mol. The number of nitro benzene ring substituents is 1. The van der Waals surface area contributed by atoms with E-state index >= 15 is 0 Å². The van der Waals surface area contributed by atoms with Crippen LogP contribution >= 0.6 is 0 Å². The van der Waals surface area contributed by atoms with Crippen molar-refractivity contribution in [2.75, 3.05) is 38.0 Å². The van der Waals surface area contributed by atoms with E-state index < -0.39 is 0 Å². The zero-order chi connectivity index (χ0) is 23.5. The molecule has 0 saturated carbocycles. The first-order chi connectivity index (χ1) is 15.8. The van der Waals surface area contributed by atoms with Crippen molar-refractivity contribution in [2.45, 2.75) is 0 Å². The van der Waals surface area contributed by atoms with E-state index in [1.807, 2.05) is 40.3 Å². The molecule has 0 aliphatic rings. The van der Waals surface area contributed by atoms with Crippen molar-refractivity contribution in [2.24, 2.45) is 0 Å². The van der Waals surface area contributed by atoms with E-state index in [0.717, 1.165) is 45.0 Å². The van der Waals surface area contributed by atoms with Crippen LogP contribution in [0.5, 0.6) is 0 Å². The molecule has 0 bridgehead atoms. The molecule has 0 aliphatic heterocycles. The maximum atomic E-state index is 11.1. The molecule has 4 aromatic rings. The van der Waals surface area contributed by atoms with E-state index in [9.17, 15) is 10.1 Å². The van der Waals surface area contributed by atoms with Crippen LogP contribution in [0.2, 0.25) is 0 Å². The summed E-state index contributed by atoms with van der Waals surface area (Å²) in [4.78, 5) is 19.8. The highest BCUT2D eigenvalue weighted by atomic mass is 16.6. The second-order valence-electron chi connectivity index (χ2n) is 8.31. The lowest BCUT2D eigenvalue weighted by molar-refractivity contribution is -0.384. The molecule has 0 aliphatic carbocycles. The van der Waals surface area contributed by atoms with Crippen LogP contribution in [0.25, 0.3) is 33.6 Å². The molecule has 0 spiro atoms. The zero-order valence-corrected chi connectivity index (χ0v) is 19.2. The minimum absolute atomic E-state index is 0.0757. The summed E-state index contributed by atoms with van der Waals surface area (Å²) in [5.41, 5.74) is 7.89. The van der Waals surface area contributed by atoms with Gasteiger partial charge in [0.1, 0.15) is 0 Å². The molecule has 3 aromatic carbocycles. The van der Waals surface area contributed by atoms with Crippen molar-refractivity contribution in [3.8, 4) is 33.6 Å². The Morgan fingerprint density at radius 1 is 0.606 bits per heavy atom. The Bertz CT molecular complexity index is 1190. The van der Waals surface area contributed by atoms with E-state index in [1.54, 1.807) is 12.1 Å². The second-order valence-corrected chi connectivity index (χ2v) is 8.31.